The fraction of sp³-hybridized carbons (Fsp3) is 0.222. The molecular formula is C9H10N2O3. The van der Waals surface area contributed by atoms with Crippen LogP contribution in [-0.2, 0) is 20.9 Å². The van der Waals surface area contributed by atoms with Crippen molar-refractivity contribution in [3.8, 4) is 0 Å². The Labute approximate surface area is 81.1 Å². The van der Waals surface area contributed by atoms with Crippen LogP contribution in [0.1, 0.15) is 5.56 Å². The van der Waals surface area contributed by atoms with E-state index in [0.717, 1.165) is 5.56 Å². The highest BCUT2D eigenvalue weighted by Crippen LogP contribution is 1.97. The molecule has 5 nitrogen and oxygen atoms in total. The maximum absolute atomic E-state index is 10.9. The number of nitrogens with one attached hydrogen (secondary N) is 1. The molecule has 0 aliphatic carbocycles. The largest absolute Gasteiger partial charge is 0.459 e. The van der Waals surface area contributed by atoms with Crippen molar-refractivity contribution in [3.05, 3.63) is 30.1 Å². The Morgan fingerprint density at radius 1 is 1.64 bits per heavy atom. The SMILES string of the molecule is O=CNCC(=O)OCc1cccnc1. The van der Waals surface area contributed by atoms with Gasteiger partial charge in [-0.1, -0.05) is 6.07 Å². The normalized spacial score (nSPS) is 9.14. The number of nitrogens with zero attached hydrogens (tertiary/aromatic N) is 1. The fourth-order valence-corrected chi connectivity index (χ4v) is 0.823. The molecule has 0 spiro atoms. The van der Waals surface area contributed by atoms with Crippen molar-refractivity contribution in [1.82, 2.24) is 10.3 Å². The maximum atomic E-state index is 10.9. The van der Waals surface area contributed by atoms with Gasteiger partial charge in [0.15, 0.2) is 0 Å². The summed E-state index contributed by atoms with van der Waals surface area (Å²) in [4.78, 5) is 24.6. The van der Waals surface area contributed by atoms with Gasteiger partial charge in [0.25, 0.3) is 0 Å². The number of ether oxygens (including phenoxy) is 1. The van der Waals surface area contributed by atoms with E-state index >= 15 is 0 Å². The zero-order valence-electron chi connectivity index (χ0n) is 7.47. The van der Waals surface area contributed by atoms with E-state index in [2.05, 4.69) is 10.3 Å². The Morgan fingerprint density at radius 2 is 2.50 bits per heavy atom. The maximum Gasteiger partial charge on any atom is 0.325 e. The number of pyridine rings is 1. The monoisotopic (exact) mass is 194 g/mol. The van der Waals surface area contributed by atoms with E-state index in [1.165, 1.54) is 0 Å². The highest BCUT2D eigenvalue weighted by molar-refractivity contribution is 5.73. The smallest absolute Gasteiger partial charge is 0.325 e. The summed E-state index contributed by atoms with van der Waals surface area (Å²) in [6, 6.07) is 3.56. The topological polar surface area (TPSA) is 68.3 Å². The van der Waals surface area contributed by atoms with Gasteiger partial charge in [0.1, 0.15) is 13.2 Å². The second-order valence-corrected chi connectivity index (χ2v) is 2.52. The minimum Gasteiger partial charge on any atom is -0.459 e. The van der Waals surface area contributed by atoms with E-state index in [-0.39, 0.29) is 13.2 Å². The number of carbonyl (C=O) groups is 2. The van der Waals surface area contributed by atoms with Crippen LogP contribution in [0, 0.1) is 0 Å². The van der Waals surface area contributed by atoms with Gasteiger partial charge in [-0.2, -0.15) is 0 Å². The van der Waals surface area contributed by atoms with Gasteiger partial charge in [0.05, 0.1) is 0 Å². The van der Waals surface area contributed by atoms with Gasteiger partial charge in [0, 0.05) is 18.0 Å². The first kappa shape index (κ1) is 10.2. The molecule has 0 atom stereocenters. The van der Waals surface area contributed by atoms with Crippen LogP contribution in [-0.4, -0.2) is 23.9 Å². The summed E-state index contributed by atoms with van der Waals surface area (Å²) in [6.45, 7) is 0.0664. The first-order valence-corrected chi connectivity index (χ1v) is 4.04. The van der Waals surface area contributed by atoms with Crippen molar-refractivity contribution in [2.45, 2.75) is 6.61 Å². The van der Waals surface area contributed by atoms with Gasteiger partial charge in [-0.15, -0.1) is 0 Å². The summed E-state index contributed by atoms with van der Waals surface area (Å²) in [5.41, 5.74) is 0.812. The van der Waals surface area contributed by atoms with Crippen molar-refractivity contribution in [1.29, 1.82) is 0 Å². The highest BCUT2D eigenvalue weighted by Gasteiger charge is 2.01. The molecule has 0 aromatic carbocycles. The van der Waals surface area contributed by atoms with Crippen LogP contribution >= 0.6 is 0 Å². The van der Waals surface area contributed by atoms with Crippen LogP contribution in [0.25, 0.3) is 0 Å². The molecule has 1 heterocycles. The third-order valence-corrected chi connectivity index (χ3v) is 1.45. The molecule has 0 saturated carbocycles. The fourth-order valence-electron chi connectivity index (χ4n) is 0.823. The van der Waals surface area contributed by atoms with Gasteiger partial charge in [-0.05, 0) is 6.07 Å². The lowest BCUT2D eigenvalue weighted by atomic mass is 10.3. The van der Waals surface area contributed by atoms with Crippen LogP contribution < -0.4 is 5.32 Å². The van der Waals surface area contributed by atoms with E-state index in [1.807, 2.05) is 0 Å². The molecule has 74 valence electrons. The average Bonchev–Trinajstić information content (AvgIpc) is 2.25. The number of carbonyl (C=O) groups excluding carboxylic acids is 2. The lowest BCUT2D eigenvalue weighted by Gasteiger charge is -2.03. The Bertz CT molecular complexity index is 300. The van der Waals surface area contributed by atoms with Gasteiger partial charge in [0.2, 0.25) is 6.41 Å². The zero-order valence-corrected chi connectivity index (χ0v) is 7.47. The summed E-state index contributed by atoms with van der Waals surface area (Å²) in [5, 5.41) is 2.21. The minimum atomic E-state index is -0.471. The molecule has 5 heteroatoms. The number of amides is 1. The first-order valence-electron chi connectivity index (χ1n) is 4.04. The number of esters is 1. The quantitative estimate of drug-likeness (QED) is 0.523. The third-order valence-electron chi connectivity index (χ3n) is 1.45. The number of aromatic nitrogens is 1. The molecule has 0 aliphatic heterocycles. The van der Waals surface area contributed by atoms with Gasteiger partial charge in [-0.3, -0.25) is 14.6 Å². The molecular weight excluding hydrogens is 184 g/mol. The molecule has 0 unspecified atom stereocenters. The van der Waals surface area contributed by atoms with Crippen LogP contribution in [0.2, 0.25) is 0 Å². The standard InChI is InChI=1S/C9H10N2O3/c12-7-11-5-9(13)14-6-8-2-1-3-10-4-8/h1-4,7H,5-6H2,(H,11,12). The molecule has 1 aromatic heterocycles. The average molecular weight is 194 g/mol. The second kappa shape index (κ2) is 5.69. The van der Waals surface area contributed by atoms with E-state index < -0.39 is 5.97 Å². The molecule has 0 saturated heterocycles. The Morgan fingerprint density at radius 3 is 3.14 bits per heavy atom. The van der Waals surface area contributed by atoms with Crippen LogP contribution in [0.4, 0.5) is 0 Å². The number of hydrogen-bond acceptors (Lipinski definition) is 4. The molecule has 1 amide bonds. The first-order chi connectivity index (χ1) is 6.83. The molecule has 14 heavy (non-hydrogen) atoms. The van der Waals surface area contributed by atoms with Crippen molar-refractivity contribution in [2.75, 3.05) is 6.54 Å². The van der Waals surface area contributed by atoms with Crippen molar-refractivity contribution in [2.24, 2.45) is 0 Å². The van der Waals surface area contributed by atoms with Gasteiger partial charge >= 0.3 is 5.97 Å². The van der Waals surface area contributed by atoms with Crippen LogP contribution in [0.3, 0.4) is 0 Å². The molecule has 1 N–H and O–H groups in total. The third kappa shape index (κ3) is 3.66. The minimum absolute atomic E-state index is 0.107. The van der Waals surface area contributed by atoms with Crippen molar-refractivity contribution < 1.29 is 14.3 Å². The van der Waals surface area contributed by atoms with Crippen molar-refractivity contribution in [3.63, 3.8) is 0 Å². The van der Waals surface area contributed by atoms with Crippen LogP contribution in [0.15, 0.2) is 24.5 Å². The Kier molecular flexibility index (Phi) is 4.13. The predicted molar refractivity (Wildman–Crippen MR) is 48.1 cm³/mol. The predicted octanol–water partition coefficient (Wildman–Crippen LogP) is -0.129. The van der Waals surface area contributed by atoms with Crippen molar-refractivity contribution >= 4 is 12.4 Å². The summed E-state index contributed by atoms with van der Waals surface area (Å²) in [6.07, 6.45) is 3.70. The molecule has 0 radical (unpaired) electrons. The lowest BCUT2D eigenvalue weighted by molar-refractivity contribution is -0.144. The van der Waals surface area contributed by atoms with E-state index in [1.54, 1.807) is 24.5 Å². The molecule has 0 fully saturated rings. The van der Waals surface area contributed by atoms with E-state index in [4.69, 9.17) is 4.74 Å². The Balaban J connectivity index is 2.27. The van der Waals surface area contributed by atoms with Gasteiger partial charge < -0.3 is 10.1 Å². The Hall–Kier alpha value is -1.91. The van der Waals surface area contributed by atoms with E-state index in [0.29, 0.717) is 6.41 Å². The summed E-state index contributed by atoms with van der Waals surface area (Å²) >= 11 is 0. The molecule has 0 aliphatic rings. The lowest BCUT2D eigenvalue weighted by Crippen LogP contribution is -2.23. The number of rotatable bonds is 5. The molecule has 0 bridgehead atoms. The highest BCUT2D eigenvalue weighted by atomic mass is 16.5. The summed E-state index contributed by atoms with van der Waals surface area (Å²) in [7, 11) is 0. The zero-order chi connectivity index (χ0) is 10.2. The van der Waals surface area contributed by atoms with E-state index in [9.17, 15) is 9.59 Å². The molecule has 1 aromatic rings. The van der Waals surface area contributed by atoms with Crippen LogP contribution in [0.5, 0.6) is 0 Å². The summed E-state index contributed by atoms with van der Waals surface area (Å²) < 4.78 is 4.83. The molecule has 1 rings (SSSR count). The summed E-state index contributed by atoms with van der Waals surface area (Å²) in [5.74, 6) is -0.471. The van der Waals surface area contributed by atoms with Gasteiger partial charge in [-0.25, -0.2) is 0 Å². The second-order valence-electron chi connectivity index (χ2n) is 2.52. The number of hydrogen-bond donors (Lipinski definition) is 1.